The Bertz CT molecular complexity index is 435. The third kappa shape index (κ3) is 7.11. The summed E-state index contributed by atoms with van der Waals surface area (Å²) in [5.74, 6) is -1.00. The Morgan fingerprint density at radius 2 is 1.85 bits per heavy atom. The molecule has 0 radical (unpaired) electrons. The van der Waals surface area contributed by atoms with Gasteiger partial charge in [-0.15, -0.1) is 12.4 Å². The number of nitrogens with one attached hydrogen (secondary N) is 1. The van der Waals surface area contributed by atoms with Gasteiger partial charge in [0.2, 0.25) is 5.91 Å². The van der Waals surface area contributed by atoms with E-state index in [1.807, 2.05) is 24.3 Å². The third-order valence-electron chi connectivity index (χ3n) is 2.77. The number of aliphatic carboxylic acids is 1. The molecular weight excluding hydrogens is 280 g/mol. The number of benzene rings is 1. The van der Waals surface area contributed by atoms with E-state index in [0.717, 1.165) is 12.1 Å². The van der Waals surface area contributed by atoms with E-state index in [1.54, 1.807) is 11.9 Å². The quantitative estimate of drug-likeness (QED) is 0.808. The Balaban J connectivity index is 0.00000361. The SMILES string of the molecule is CCc1ccc(NC(=O)CN(C)CCC(=O)O)cc1.Cl. The van der Waals surface area contributed by atoms with Gasteiger partial charge in [-0.3, -0.25) is 14.5 Å². The standard InChI is InChI=1S/C14H20N2O3.ClH/c1-3-11-4-6-12(7-5-11)15-13(17)10-16(2)9-8-14(18)19;/h4-7H,3,8-10H2,1-2H3,(H,15,17)(H,18,19);1H. The second kappa shape index (κ2) is 9.34. The molecule has 0 heterocycles. The lowest BCUT2D eigenvalue weighted by atomic mass is 10.1. The van der Waals surface area contributed by atoms with Gasteiger partial charge in [0, 0.05) is 12.2 Å². The van der Waals surface area contributed by atoms with Crippen molar-refractivity contribution in [2.24, 2.45) is 0 Å². The van der Waals surface area contributed by atoms with E-state index in [-0.39, 0.29) is 31.3 Å². The van der Waals surface area contributed by atoms with Gasteiger partial charge >= 0.3 is 5.97 Å². The van der Waals surface area contributed by atoms with Gasteiger partial charge in [-0.1, -0.05) is 19.1 Å². The highest BCUT2D eigenvalue weighted by Crippen LogP contribution is 2.09. The van der Waals surface area contributed by atoms with Crippen LogP contribution in [0.15, 0.2) is 24.3 Å². The fourth-order valence-electron chi connectivity index (χ4n) is 1.64. The van der Waals surface area contributed by atoms with Crippen LogP contribution in [0.2, 0.25) is 0 Å². The smallest absolute Gasteiger partial charge is 0.304 e. The molecule has 2 N–H and O–H groups in total. The molecule has 0 saturated heterocycles. The van der Waals surface area contributed by atoms with Crippen molar-refractivity contribution in [2.75, 3.05) is 25.5 Å². The van der Waals surface area contributed by atoms with Crippen LogP contribution >= 0.6 is 12.4 Å². The predicted molar refractivity (Wildman–Crippen MR) is 81.4 cm³/mol. The summed E-state index contributed by atoms with van der Waals surface area (Å²) < 4.78 is 0. The van der Waals surface area contributed by atoms with Crippen LogP contribution in [0.5, 0.6) is 0 Å². The maximum absolute atomic E-state index is 11.7. The lowest BCUT2D eigenvalue weighted by Gasteiger charge is -2.15. The number of rotatable bonds is 7. The minimum atomic E-state index is -0.859. The van der Waals surface area contributed by atoms with E-state index in [0.29, 0.717) is 6.54 Å². The van der Waals surface area contributed by atoms with Gasteiger partial charge in [0.1, 0.15) is 0 Å². The van der Waals surface area contributed by atoms with Crippen molar-refractivity contribution >= 4 is 30.0 Å². The number of halogens is 1. The lowest BCUT2D eigenvalue weighted by molar-refractivity contribution is -0.137. The average molecular weight is 301 g/mol. The van der Waals surface area contributed by atoms with E-state index in [9.17, 15) is 9.59 Å². The van der Waals surface area contributed by atoms with Gasteiger partial charge in [-0.25, -0.2) is 0 Å². The summed E-state index contributed by atoms with van der Waals surface area (Å²) in [7, 11) is 1.72. The molecule has 0 aromatic heterocycles. The van der Waals surface area contributed by atoms with Gasteiger partial charge in [-0.05, 0) is 31.2 Å². The van der Waals surface area contributed by atoms with Crippen molar-refractivity contribution in [1.82, 2.24) is 4.90 Å². The summed E-state index contributed by atoms with van der Waals surface area (Å²) in [5.41, 5.74) is 1.98. The van der Waals surface area contributed by atoms with Crippen molar-refractivity contribution < 1.29 is 14.7 Å². The lowest BCUT2D eigenvalue weighted by Crippen LogP contribution is -2.31. The number of likely N-dealkylation sites (N-methyl/N-ethyl adjacent to an activating group) is 1. The van der Waals surface area contributed by atoms with E-state index in [1.165, 1.54) is 5.56 Å². The zero-order valence-electron chi connectivity index (χ0n) is 11.8. The van der Waals surface area contributed by atoms with Crippen LogP contribution in [0.25, 0.3) is 0 Å². The van der Waals surface area contributed by atoms with E-state index in [2.05, 4.69) is 12.2 Å². The van der Waals surface area contributed by atoms with Crippen LogP contribution in [0.1, 0.15) is 18.9 Å². The predicted octanol–water partition coefficient (Wildman–Crippen LogP) is 2.02. The maximum atomic E-state index is 11.7. The summed E-state index contributed by atoms with van der Waals surface area (Å²) in [4.78, 5) is 23.8. The Morgan fingerprint density at radius 3 is 2.35 bits per heavy atom. The first-order valence-corrected chi connectivity index (χ1v) is 6.30. The first kappa shape index (κ1) is 18.4. The number of hydrogen-bond donors (Lipinski definition) is 2. The van der Waals surface area contributed by atoms with E-state index in [4.69, 9.17) is 5.11 Å². The molecule has 1 aromatic carbocycles. The third-order valence-corrected chi connectivity index (χ3v) is 2.77. The summed E-state index contributed by atoms with van der Waals surface area (Å²) >= 11 is 0. The number of hydrogen-bond acceptors (Lipinski definition) is 3. The molecule has 20 heavy (non-hydrogen) atoms. The Morgan fingerprint density at radius 1 is 1.25 bits per heavy atom. The number of amides is 1. The average Bonchev–Trinajstić information content (AvgIpc) is 2.37. The van der Waals surface area contributed by atoms with Crippen molar-refractivity contribution in [1.29, 1.82) is 0 Å². The monoisotopic (exact) mass is 300 g/mol. The largest absolute Gasteiger partial charge is 0.481 e. The molecule has 1 aromatic rings. The molecule has 1 rings (SSSR count). The highest BCUT2D eigenvalue weighted by molar-refractivity contribution is 5.92. The van der Waals surface area contributed by atoms with Crippen LogP contribution in [-0.2, 0) is 16.0 Å². The summed E-state index contributed by atoms with van der Waals surface area (Å²) in [6.45, 7) is 2.62. The zero-order chi connectivity index (χ0) is 14.3. The zero-order valence-corrected chi connectivity index (χ0v) is 12.6. The second-order valence-electron chi connectivity index (χ2n) is 4.48. The topological polar surface area (TPSA) is 69.6 Å². The number of anilines is 1. The number of carboxylic acids is 1. The molecule has 0 unspecified atom stereocenters. The van der Waals surface area contributed by atoms with Crippen molar-refractivity contribution in [3.63, 3.8) is 0 Å². The highest BCUT2D eigenvalue weighted by Gasteiger charge is 2.08. The summed E-state index contributed by atoms with van der Waals surface area (Å²) in [5, 5.41) is 11.3. The summed E-state index contributed by atoms with van der Waals surface area (Å²) in [6, 6.07) is 7.69. The van der Waals surface area contributed by atoms with Crippen LogP contribution in [-0.4, -0.2) is 42.0 Å². The minimum absolute atomic E-state index is 0. The van der Waals surface area contributed by atoms with Crippen LogP contribution in [0, 0.1) is 0 Å². The molecule has 6 heteroatoms. The molecule has 0 fully saturated rings. The molecule has 112 valence electrons. The molecule has 0 aliphatic rings. The molecule has 1 amide bonds. The normalized spacial score (nSPS) is 9.95. The van der Waals surface area contributed by atoms with Crippen molar-refractivity contribution in [3.05, 3.63) is 29.8 Å². The molecule has 0 spiro atoms. The van der Waals surface area contributed by atoms with E-state index < -0.39 is 5.97 Å². The van der Waals surface area contributed by atoms with Crippen LogP contribution in [0.4, 0.5) is 5.69 Å². The molecule has 0 saturated carbocycles. The maximum Gasteiger partial charge on any atom is 0.304 e. The van der Waals surface area contributed by atoms with E-state index >= 15 is 0 Å². The Kier molecular flexibility index (Phi) is 8.59. The van der Waals surface area contributed by atoms with Gasteiger partial charge in [0.15, 0.2) is 0 Å². The second-order valence-corrected chi connectivity index (χ2v) is 4.48. The van der Waals surface area contributed by atoms with Crippen molar-refractivity contribution in [3.8, 4) is 0 Å². The Labute approximate surface area is 125 Å². The number of nitrogens with zero attached hydrogens (tertiary/aromatic N) is 1. The first-order valence-electron chi connectivity index (χ1n) is 6.30. The molecule has 5 nitrogen and oxygen atoms in total. The van der Waals surface area contributed by atoms with Crippen molar-refractivity contribution in [2.45, 2.75) is 19.8 Å². The number of aryl methyl sites for hydroxylation is 1. The number of carboxylic acid groups (broad SMARTS) is 1. The van der Waals surface area contributed by atoms with Gasteiger partial charge in [0.25, 0.3) is 0 Å². The molecule has 0 aliphatic heterocycles. The fraction of sp³-hybridized carbons (Fsp3) is 0.429. The van der Waals surface area contributed by atoms with Gasteiger partial charge in [0.05, 0.1) is 13.0 Å². The molecule has 0 aliphatic carbocycles. The molecular formula is C14H21ClN2O3. The van der Waals surface area contributed by atoms with Crippen LogP contribution < -0.4 is 5.32 Å². The minimum Gasteiger partial charge on any atom is -0.481 e. The molecule has 0 atom stereocenters. The fourth-order valence-corrected chi connectivity index (χ4v) is 1.64. The molecule has 0 bridgehead atoms. The number of carbonyl (C=O) groups excluding carboxylic acids is 1. The summed E-state index contributed by atoms with van der Waals surface area (Å²) in [6.07, 6.45) is 1.00. The Hall–Kier alpha value is -1.59. The first-order chi connectivity index (χ1) is 9.01. The van der Waals surface area contributed by atoms with Gasteiger partial charge in [-0.2, -0.15) is 0 Å². The number of carbonyl (C=O) groups is 2. The van der Waals surface area contributed by atoms with Crippen LogP contribution in [0.3, 0.4) is 0 Å². The van der Waals surface area contributed by atoms with Gasteiger partial charge < -0.3 is 10.4 Å². The highest BCUT2D eigenvalue weighted by atomic mass is 35.5.